The lowest BCUT2D eigenvalue weighted by Crippen LogP contribution is -2.32. The molecule has 19 heavy (non-hydrogen) atoms. The van der Waals surface area contributed by atoms with Gasteiger partial charge in [0.15, 0.2) is 0 Å². The summed E-state index contributed by atoms with van der Waals surface area (Å²) in [6.45, 7) is 2.64. The summed E-state index contributed by atoms with van der Waals surface area (Å²) in [5.74, 6) is 0. The zero-order valence-corrected chi connectivity index (χ0v) is 13.4. The molecule has 1 rings (SSSR count). The molecule has 0 aliphatic rings. The fourth-order valence-corrected chi connectivity index (χ4v) is 2.39. The van der Waals surface area contributed by atoms with Crippen LogP contribution in [-0.2, 0) is 0 Å². The van der Waals surface area contributed by atoms with E-state index in [1.807, 2.05) is 18.2 Å². The molecule has 0 heterocycles. The van der Waals surface area contributed by atoms with Crippen molar-refractivity contribution in [1.82, 2.24) is 9.80 Å². The minimum Gasteiger partial charge on any atom is -0.329 e. The summed E-state index contributed by atoms with van der Waals surface area (Å²) in [5, 5.41) is 1.16. The van der Waals surface area contributed by atoms with E-state index in [9.17, 15) is 0 Å². The molecular formula is C14H23Cl2N3. The number of hydrogen-bond acceptors (Lipinski definition) is 3. The molecule has 0 saturated carbocycles. The van der Waals surface area contributed by atoms with Crippen LogP contribution in [0.3, 0.4) is 0 Å². The van der Waals surface area contributed by atoms with Gasteiger partial charge in [-0.3, -0.25) is 4.90 Å². The molecular weight excluding hydrogens is 281 g/mol. The molecule has 5 heteroatoms. The Morgan fingerprint density at radius 3 is 2.32 bits per heavy atom. The summed E-state index contributed by atoms with van der Waals surface area (Å²) < 4.78 is 0. The number of hydrogen-bond donors (Lipinski definition) is 1. The van der Waals surface area contributed by atoms with Crippen LogP contribution in [0.15, 0.2) is 18.2 Å². The highest BCUT2D eigenvalue weighted by Gasteiger charge is 2.16. The van der Waals surface area contributed by atoms with Crippen LogP contribution in [0.2, 0.25) is 10.0 Å². The molecule has 0 saturated heterocycles. The first-order valence-electron chi connectivity index (χ1n) is 6.45. The smallest absolute Gasteiger partial charge is 0.0595 e. The van der Waals surface area contributed by atoms with Crippen molar-refractivity contribution in [3.05, 3.63) is 33.8 Å². The van der Waals surface area contributed by atoms with E-state index in [1.54, 1.807) is 0 Å². The van der Waals surface area contributed by atoms with Gasteiger partial charge in [0.05, 0.1) is 10.0 Å². The number of likely N-dealkylation sites (N-methyl/N-ethyl adjacent to an activating group) is 1. The van der Waals surface area contributed by atoms with E-state index in [-0.39, 0.29) is 6.04 Å². The maximum atomic E-state index is 6.07. The van der Waals surface area contributed by atoms with Gasteiger partial charge in [0.1, 0.15) is 0 Å². The van der Waals surface area contributed by atoms with E-state index in [0.29, 0.717) is 16.6 Å². The predicted octanol–water partition coefficient (Wildman–Crippen LogP) is 2.88. The fourth-order valence-electron chi connectivity index (χ4n) is 2.08. The van der Waals surface area contributed by atoms with Gasteiger partial charge in [-0.25, -0.2) is 0 Å². The van der Waals surface area contributed by atoms with Crippen molar-refractivity contribution in [2.24, 2.45) is 5.73 Å². The van der Waals surface area contributed by atoms with Crippen LogP contribution in [0, 0.1) is 0 Å². The van der Waals surface area contributed by atoms with Crippen molar-refractivity contribution in [2.45, 2.75) is 12.5 Å². The van der Waals surface area contributed by atoms with Gasteiger partial charge in [0.25, 0.3) is 0 Å². The zero-order chi connectivity index (χ0) is 14.4. The average molecular weight is 304 g/mol. The number of rotatable bonds is 7. The van der Waals surface area contributed by atoms with Crippen LogP contribution in [-0.4, -0.2) is 50.6 Å². The third-order valence-corrected chi connectivity index (χ3v) is 3.94. The Labute approximate surface area is 126 Å². The van der Waals surface area contributed by atoms with E-state index in [0.717, 1.165) is 25.1 Å². The number of halogens is 2. The van der Waals surface area contributed by atoms with Crippen LogP contribution in [0.1, 0.15) is 18.0 Å². The fraction of sp³-hybridized carbons (Fsp3) is 0.571. The Kier molecular flexibility index (Phi) is 7.11. The molecule has 0 aliphatic carbocycles. The lowest BCUT2D eigenvalue weighted by molar-refractivity contribution is 0.235. The molecule has 1 aromatic carbocycles. The highest BCUT2D eigenvalue weighted by Crippen LogP contribution is 2.27. The Balaban J connectivity index is 2.67. The molecule has 108 valence electrons. The summed E-state index contributed by atoms with van der Waals surface area (Å²) in [6.07, 6.45) is 1.11. The first kappa shape index (κ1) is 16.7. The number of nitrogens with two attached hydrogens (primary N) is 1. The molecule has 0 aliphatic heterocycles. The second-order valence-electron chi connectivity index (χ2n) is 5.06. The molecule has 0 fully saturated rings. The topological polar surface area (TPSA) is 32.5 Å². The second kappa shape index (κ2) is 8.08. The van der Waals surface area contributed by atoms with Gasteiger partial charge in [0, 0.05) is 12.6 Å². The van der Waals surface area contributed by atoms with Crippen LogP contribution < -0.4 is 5.73 Å². The third kappa shape index (κ3) is 5.28. The Hall–Kier alpha value is -0.320. The van der Waals surface area contributed by atoms with Crippen molar-refractivity contribution in [3.63, 3.8) is 0 Å². The van der Waals surface area contributed by atoms with Gasteiger partial charge in [-0.15, -0.1) is 0 Å². The summed E-state index contributed by atoms with van der Waals surface area (Å²) >= 11 is 12.0. The van der Waals surface area contributed by atoms with Crippen molar-refractivity contribution >= 4 is 23.2 Å². The highest BCUT2D eigenvalue weighted by atomic mass is 35.5. The average Bonchev–Trinajstić information content (AvgIpc) is 2.34. The molecule has 1 atom stereocenters. The first-order valence-corrected chi connectivity index (χ1v) is 7.21. The third-order valence-electron chi connectivity index (χ3n) is 3.20. The van der Waals surface area contributed by atoms with E-state index in [1.165, 1.54) is 0 Å². The molecule has 1 unspecified atom stereocenters. The molecule has 3 nitrogen and oxygen atoms in total. The zero-order valence-electron chi connectivity index (χ0n) is 11.9. The molecule has 1 aromatic rings. The van der Waals surface area contributed by atoms with E-state index < -0.39 is 0 Å². The molecule has 0 bridgehead atoms. The lowest BCUT2D eigenvalue weighted by atomic mass is 10.1. The second-order valence-corrected chi connectivity index (χ2v) is 5.88. The normalized spacial score (nSPS) is 13.3. The Bertz CT molecular complexity index is 396. The molecule has 0 amide bonds. The maximum Gasteiger partial charge on any atom is 0.0595 e. The van der Waals surface area contributed by atoms with Crippen LogP contribution >= 0.6 is 23.2 Å². The number of nitrogens with zero attached hydrogens (tertiary/aromatic N) is 2. The van der Waals surface area contributed by atoms with E-state index in [2.05, 4.69) is 30.9 Å². The van der Waals surface area contributed by atoms with Gasteiger partial charge >= 0.3 is 0 Å². The van der Waals surface area contributed by atoms with E-state index in [4.69, 9.17) is 28.9 Å². The first-order chi connectivity index (χ1) is 8.95. The van der Waals surface area contributed by atoms with Crippen LogP contribution in [0.25, 0.3) is 0 Å². The van der Waals surface area contributed by atoms with Crippen molar-refractivity contribution < 1.29 is 0 Å². The monoisotopic (exact) mass is 303 g/mol. The SMILES string of the molecule is CN(C)CCCN(C)C(CN)c1ccc(Cl)c(Cl)c1. The van der Waals surface area contributed by atoms with Gasteiger partial charge in [-0.1, -0.05) is 29.3 Å². The van der Waals surface area contributed by atoms with Gasteiger partial charge in [-0.05, 0) is 58.3 Å². The minimum absolute atomic E-state index is 0.178. The van der Waals surface area contributed by atoms with Crippen LogP contribution in [0.5, 0.6) is 0 Å². The standard InChI is InChI=1S/C14H23Cl2N3/c1-18(2)7-4-8-19(3)14(10-17)11-5-6-12(15)13(16)9-11/h5-6,9,14H,4,7-8,10,17H2,1-3H3. The Morgan fingerprint density at radius 2 is 1.79 bits per heavy atom. The van der Waals surface area contributed by atoms with E-state index >= 15 is 0 Å². The molecule has 0 aromatic heterocycles. The molecule has 0 spiro atoms. The predicted molar refractivity (Wildman–Crippen MR) is 84.1 cm³/mol. The summed E-state index contributed by atoms with van der Waals surface area (Å²) in [4.78, 5) is 4.45. The molecule has 2 N–H and O–H groups in total. The van der Waals surface area contributed by atoms with Gasteiger partial charge in [-0.2, -0.15) is 0 Å². The van der Waals surface area contributed by atoms with Gasteiger partial charge < -0.3 is 10.6 Å². The summed E-state index contributed by atoms with van der Waals surface area (Å²) in [6, 6.07) is 5.91. The Morgan fingerprint density at radius 1 is 1.11 bits per heavy atom. The molecule has 0 radical (unpaired) electrons. The van der Waals surface area contributed by atoms with Crippen LogP contribution in [0.4, 0.5) is 0 Å². The van der Waals surface area contributed by atoms with Crippen molar-refractivity contribution in [1.29, 1.82) is 0 Å². The minimum atomic E-state index is 0.178. The van der Waals surface area contributed by atoms with Crippen molar-refractivity contribution in [2.75, 3.05) is 40.8 Å². The number of benzene rings is 1. The highest BCUT2D eigenvalue weighted by molar-refractivity contribution is 6.42. The van der Waals surface area contributed by atoms with Gasteiger partial charge in [0.2, 0.25) is 0 Å². The quantitative estimate of drug-likeness (QED) is 0.841. The van der Waals surface area contributed by atoms with Crippen molar-refractivity contribution in [3.8, 4) is 0 Å². The summed E-state index contributed by atoms with van der Waals surface area (Å²) in [5.41, 5.74) is 7.01. The largest absolute Gasteiger partial charge is 0.329 e. The summed E-state index contributed by atoms with van der Waals surface area (Å²) in [7, 11) is 6.26. The lowest BCUT2D eigenvalue weighted by Gasteiger charge is -2.28. The maximum absolute atomic E-state index is 6.07.